The molecule has 0 saturated carbocycles. The Morgan fingerprint density at radius 3 is 2.00 bits per heavy atom. The average Bonchev–Trinajstić information content (AvgIpc) is 2.54. The summed E-state index contributed by atoms with van der Waals surface area (Å²) >= 11 is 6.72. The van der Waals surface area contributed by atoms with E-state index in [9.17, 15) is 9.59 Å². The van der Waals surface area contributed by atoms with Gasteiger partial charge in [0, 0.05) is 27.4 Å². The minimum absolute atomic E-state index is 0.0241. The molecule has 2 aromatic rings. The highest BCUT2D eigenvalue weighted by Gasteiger charge is 2.12. The molecule has 2 rings (SSSR count). The van der Waals surface area contributed by atoms with Crippen molar-refractivity contribution in [2.45, 2.75) is 25.8 Å². The molecule has 5 heteroatoms. The van der Waals surface area contributed by atoms with Gasteiger partial charge >= 0.3 is 0 Å². The van der Waals surface area contributed by atoms with Crippen LogP contribution in [0.3, 0.4) is 0 Å². The Hall–Kier alpha value is -1.46. The zero-order valence-electron chi connectivity index (χ0n) is 12.7. The van der Waals surface area contributed by atoms with Crippen molar-refractivity contribution in [2.24, 2.45) is 0 Å². The van der Waals surface area contributed by atoms with Crippen LogP contribution in [-0.2, 0) is 4.79 Å². The molecule has 0 heterocycles. The van der Waals surface area contributed by atoms with Gasteiger partial charge in [-0.25, -0.2) is 0 Å². The number of rotatable bonds is 6. The third kappa shape index (κ3) is 5.59. The molecule has 0 saturated heterocycles. The molecule has 0 aromatic heterocycles. The Balaban J connectivity index is 1.83. The second-order valence-corrected chi connectivity index (χ2v) is 7.10. The van der Waals surface area contributed by atoms with Crippen LogP contribution in [0, 0.1) is 0 Å². The van der Waals surface area contributed by atoms with Gasteiger partial charge in [-0.1, -0.05) is 56.1 Å². The molecular formula is C18H17Br2NO2. The molecule has 0 fully saturated rings. The van der Waals surface area contributed by atoms with E-state index in [1.807, 2.05) is 43.3 Å². The minimum atomic E-state index is -0.120. The summed E-state index contributed by atoms with van der Waals surface area (Å²) in [6.07, 6.45) is 0.399. The summed E-state index contributed by atoms with van der Waals surface area (Å²) in [7, 11) is 0. The predicted molar refractivity (Wildman–Crippen MR) is 98.4 cm³/mol. The summed E-state index contributed by atoms with van der Waals surface area (Å²) in [6.45, 7) is 1.93. The molecule has 0 radical (unpaired) electrons. The fourth-order valence-electron chi connectivity index (χ4n) is 2.16. The number of carbonyl (C=O) groups is 2. The van der Waals surface area contributed by atoms with Crippen LogP contribution in [-0.4, -0.2) is 11.7 Å². The van der Waals surface area contributed by atoms with Crippen LogP contribution in [0.1, 0.15) is 41.7 Å². The first kappa shape index (κ1) is 17.9. The summed E-state index contributed by atoms with van der Waals surface area (Å²) in [5.41, 5.74) is 1.66. The number of Topliss-reactive ketones (excluding diaryl/α,β-unsaturated/α-hetero) is 1. The molecule has 120 valence electrons. The SMILES string of the molecule is CC(NC(=O)CCC(=O)c1ccc(Br)cc1)c1ccc(Br)cc1. The fraction of sp³-hybridized carbons (Fsp3) is 0.222. The van der Waals surface area contributed by atoms with E-state index in [0.29, 0.717) is 5.56 Å². The van der Waals surface area contributed by atoms with Gasteiger partial charge in [-0.05, 0) is 36.8 Å². The minimum Gasteiger partial charge on any atom is -0.350 e. The van der Waals surface area contributed by atoms with Gasteiger partial charge in [0.05, 0.1) is 6.04 Å². The van der Waals surface area contributed by atoms with Crippen LogP contribution in [0.25, 0.3) is 0 Å². The Bertz CT molecular complexity index is 681. The fourth-order valence-corrected chi connectivity index (χ4v) is 2.68. The van der Waals surface area contributed by atoms with Crippen LogP contribution in [0.15, 0.2) is 57.5 Å². The van der Waals surface area contributed by atoms with Crippen molar-refractivity contribution in [3.05, 3.63) is 68.6 Å². The largest absolute Gasteiger partial charge is 0.350 e. The Morgan fingerprint density at radius 2 is 1.43 bits per heavy atom. The molecule has 0 bridgehead atoms. The first-order chi connectivity index (χ1) is 11.0. The topological polar surface area (TPSA) is 46.2 Å². The van der Waals surface area contributed by atoms with Crippen molar-refractivity contribution in [1.82, 2.24) is 5.32 Å². The molecule has 3 nitrogen and oxygen atoms in total. The molecule has 0 spiro atoms. The molecule has 0 aliphatic carbocycles. The van der Waals surface area contributed by atoms with Crippen molar-refractivity contribution in [2.75, 3.05) is 0 Å². The molecule has 1 atom stereocenters. The monoisotopic (exact) mass is 437 g/mol. The number of halogens is 2. The Morgan fingerprint density at radius 1 is 0.913 bits per heavy atom. The van der Waals surface area contributed by atoms with Crippen molar-refractivity contribution < 1.29 is 9.59 Å². The molecule has 1 unspecified atom stereocenters. The standard InChI is InChI=1S/C18H17Br2NO2/c1-12(13-2-6-15(19)7-3-13)21-18(23)11-10-17(22)14-4-8-16(20)9-5-14/h2-9,12H,10-11H2,1H3,(H,21,23). The number of benzene rings is 2. The van der Waals surface area contributed by atoms with Crippen molar-refractivity contribution in [3.63, 3.8) is 0 Å². The van der Waals surface area contributed by atoms with Crippen LogP contribution in [0.2, 0.25) is 0 Å². The maximum absolute atomic E-state index is 12.1. The first-order valence-corrected chi connectivity index (χ1v) is 8.88. The highest BCUT2D eigenvalue weighted by molar-refractivity contribution is 9.10. The van der Waals surface area contributed by atoms with E-state index >= 15 is 0 Å². The number of hydrogen-bond acceptors (Lipinski definition) is 2. The maximum Gasteiger partial charge on any atom is 0.220 e. The number of hydrogen-bond donors (Lipinski definition) is 1. The third-order valence-electron chi connectivity index (χ3n) is 3.49. The third-order valence-corrected chi connectivity index (χ3v) is 4.55. The zero-order valence-corrected chi connectivity index (χ0v) is 15.9. The highest BCUT2D eigenvalue weighted by atomic mass is 79.9. The van der Waals surface area contributed by atoms with E-state index < -0.39 is 0 Å². The molecule has 1 amide bonds. The molecular weight excluding hydrogens is 422 g/mol. The van der Waals surface area contributed by atoms with Gasteiger partial charge in [0.15, 0.2) is 5.78 Å². The van der Waals surface area contributed by atoms with Crippen LogP contribution in [0.5, 0.6) is 0 Å². The van der Waals surface area contributed by atoms with Crippen molar-refractivity contribution in [3.8, 4) is 0 Å². The van der Waals surface area contributed by atoms with Gasteiger partial charge in [-0.15, -0.1) is 0 Å². The lowest BCUT2D eigenvalue weighted by Gasteiger charge is -2.14. The maximum atomic E-state index is 12.1. The molecule has 23 heavy (non-hydrogen) atoms. The summed E-state index contributed by atoms with van der Waals surface area (Å²) in [4.78, 5) is 24.1. The Labute approximate surface area is 152 Å². The molecule has 2 aromatic carbocycles. The van der Waals surface area contributed by atoms with Gasteiger partial charge in [-0.3, -0.25) is 9.59 Å². The molecule has 0 aliphatic heterocycles. The van der Waals surface area contributed by atoms with Gasteiger partial charge in [0.25, 0.3) is 0 Å². The van der Waals surface area contributed by atoms with Gasteiger partial charge in [0.2, 0.25) is 5.91 Å². The average molecular weight is 439 g/mol. The lowest BCUT2D eigenvalue weighted by molar-refractivity contribution is -0.121. The smallest absolute Gasteiger partial charge is 0.220 e. The molecule has 1 N–H and O–H groups in total. The van der Waals surface area contributed by atoms with E-state index in [1.54, 1.807) is 12.1 Å². The zero-order chi connectivity index (χ0) is 16.8. The first-order valence-electron chi connectivity index (χ1n) is 7.29. The second kappa shape index (κ2) is 8.41. The number of amides is 1. The van der Waals surface area contributed by atoms with E-state index in [0.717, 1.165) is 14.5 Å². The van der Waals surface area contributed by atoms with Gasteiger partial charge in [0.1, 0.15) is 0 Å². The van der Waals surface area contributed by atoms with E-state index in [-0.39, 0.29) is 30.6 Å². The van der Waals surface area contributed by atoms with Crippen LogP contribution >= 0.6 is 31.9 Å². The van der Waals surface area contributed by atoms with E-state index in [1.165, 1.54) is 0 Å². The predicted octanol–water partition coefficient (Wildman–Crippen LogP) is 5.05. The number of carbonyl (C=O) groups excluding carboxylic acids is 2. The summed E-state index contributed by atoms with van der Waals surface area (Å²) in [5, 5.41) is 2.92. The Kier molecular flexibility index (Phi) is 6.54. The van der Waals surface area contributed by atoms with E-state index in [2.05, 4.69) is 37.2 Å². The molecule has 0 aliphatic rings. The highest BCUT2D eigenvalue weighted by Crippen LogP contribution is 2.17. The van der Waals surface area contributed by atoms with Crippen LogP contribution < -0.4 is 5.32 Å². The summed E-state index contributed by atoms with van der Waals surface area (Å²) in [5.74, 6) is -0.144. The lowest BCUT2D eigenvalue weighted by atomic mass is 10.1. The quantitative estimate of drug-likeness (QED) is 0.641. The lowest BCUT2D eigenvalue weighted by Crippen LogP contribution is -2.26. The van der Waals surface area contributed by atoms with Gasteiger partial charge < -0.3 is 5.32 Å². The normalized spacial score (nSPS) is 11.8. The number of ketones is 1. The van der Waals surface area contributed by atoms with E-state index in [4.69, 9.17) is 0 Å². The number of nitrogens with one attached hydrogen (secondary N) is 1. The second-order valence-electron chi connectivity index (χ2n) is 5.27. The van der Waals surface area contributed by atoms with Crippen LogP contribution in [0.4, 0.5) is 0 Å². The summed E-state index contributed by atoms with van der Waals surface area (Å²) in [6, 6.07) is 14.9. The summed E-state index contributed by atoms with van der Waals surface area (Å²) < 4.78 is 1.93. The van der Waals surface area contributed by atoms with Crippen molar-refractivity contribution >= 4 is 43.6 Å². The van der Waals surface area contributed by atoms with Gasteiger partial charge in [-0.2, -0.15) is 0 Å². The van der Waals surface area contributed by atoms with Crippen molar-refractivity contribution in [1.29, 1.82) is 0 Å².